The van der Waals surface area contributed by atoms with Gasteiger partial charge in [0.1, 0.15) is 5.56 Å². The second kappa shape index (κ2) is 8.72. The number of hydrogen-bond donors (Lipinski definition) is 3. The molecule has 8 nitrogen and oxygen atoms in total. The summed E-state index contributed by atoms with van der Waals surface area (Å²) in [6, 6.07) is 0. The molecule has 0 unspecified atom stereocenters. The molecule has 1 amide bonds. The van der Waals surface area contributed by atoms with Crippen molar-refractivity contribution in [1.82, 2.24) is 15.0 Å². The smallest absolute Gasteiger partial charge is 0.331 e. The van der Waals surface area contributed by atoms with Crippen molar-refractivity contribution in [1.29, 1.82) is 0 Å². The number of aromatic hydroxyl groups is 1. The van der Waals surface area contributed by atoms with Crippen LogP contribution in [-0.2, 0) is 11.3 Å². The number of carbonyl (C=O) groups is 1. The van der Waals surface area contributed by atoms with Crippen LogP contribution >= 0.6 is 0 Å². The van der Waals surface area contributed by atoms with Crippen LogP contribution < -0.4 is 16.7 Å². The highest BCUT2D eigenvalue weighted by Crippen LogP contribution is 2.13. The fraction of sp³-hybridized carbons (Fsp3) is 0.467. The highest BCUT2D eigenvalue weighted by atomic mass is 16.3. The quantitative estimate of drug-likeness (QED) is 0.373. The lowest BCUT2D eigenvalue weighted by molar-refractivity contribution is -0.121. The van der Waals surface area contributed by atoms with Gasteiger partial charge in [-0.05, 0) is 12.8 Å². The molecule has 0 aliphatic rings. The predicted octanol–water partition coefficient (Wildman–Crippen LogP) is 0.849. The molecule has 0 radical (unpaired) electrons. The van der Waals surface area contributed by atoms with Crippen LogP contribution in [0, 0.1) is 0 Å². The Bertz CT molecular complexity index is 715. The second-order valence-electron chi connectivity index (χ2n) is 4.91. The largest absolute Gasteiger partial charge is 0.494 e. The third kappa shape index (κ3) is 4.67. The number of aromatic nitrogens is 2. The second-order valence-corrected chi connectivity index (χ2v) is 4.91. The molecule has 0 spiro atoms. The van der Waals surface area contributed by atoms with Gasteiger partial charge in [-0.3, -0.25) is 19.1 Å². The van der Waals surface area contributed by atoms with E-state index in [4.69, 9.17) is 0 Å². The number of allylic oxidation sites excluding steroid dienone is 1. The Morgan fingerprint density at radius 2 is 2.13 bits per heavy atom. The van der Waals surface area contributed by atoms with Crippen LogP contribution in [0.5, 0.6) is 5.88 Å². The molecule has 3 N–H and O–H groups in total. The topological polar surface area (TPSA) is 117 Å². The Balaban J connectivity index is 3.22. The molecule has 0 atom stereocenters. The van der Waals surface area contributed by atoms with Gasteiger partial charge in [0.05, 0.1) is 5.71 Å². The van der Waals surface area contributed by atoms with E-state index in [0.29, 0.717) is 6.42 Å². The first-order valence-electron chi connectivity index (χ1n) is 7.48. The number of hydrazone groups is 1. The summed E-state index contributed by atoms with van der Waals surface area (Å²) in [5.41, 5.74) is 0.926. The number of unbranched alkanes of at least 4 members (excludes halogenated alkanes) is 1. The Morgan fingerprint density at radius 1 is 1.43 bits per heavy atom. The van der Waals surface area contributed by atoms with Crippen molar-refractivity contribution in [2.24, 2.45) is 5.10 Å². The average Bonchev–Trinajstić information content (AvgIpc) is 2.52. The molecule has 0 aliphatic heterocycles. The normalized spacial score (nSPS) is 11.3. The molecule has 0 fully saturated rings. The minimum atomic E-state index is -0.754. The zero-order chi connectivity index (χ0) is 17.4. The number of nitrogens with zero attached hydrogens (tertiary/aromatic N) is 2. The van der Waals surface area contributed by atoms with Crippen LogP contribution in [0.3, 0.4) is 0 Å². The summed E-state index contributed by atoms with van der Waals surface area (Å²) in [4.78, 5) is 37.4. The molecule has 1 rings (SSSR count). The van der Waals surface area contributed by atoms with Gasteiger partial charge in [-0.2, -0.15) is 5.10 Å². The Labute approximate surface area is 133 Å². The molecular weight excluding hydrogens is 300 g/mol. The van der Waals surface area contributed by atoms with E-state index in [9.17, 15) is 19.5 Å². The Kier molecular flexibility index (Phi) is 6.98. The van der Waals surface area contributed by atoms with Crippen molar-refractivity contribution >= 4 is 11.6 Å². The molecule has 23 heavy (non-hydrogen) atoms. The van der Waals surface area contributed by atoms with Gasteiger partial charge in [-0.1, -0.05) is 26.3 Å². The molecular formula is C15H22N4O4. The highest BCUT2D eigenvalue weighted by molar-refractivity contribution is 6.02. The Morgan fingerprint density at radius 3 is 2.70 bits per heavy atom. The standard InChI is InChI=1S/C15H22N4O4/c1-4-7-8-11(20)18-17-10(6-3)12-13(21)16-15(23)19(9-5-2)14(12)22/h5,22H,2,4,6-9H2,1,3H3,(H,18,20)(H,16,21,23)/b17-10-. The summed E-state index contributed by atoms with van der Waals surface area (Å²) in [6.07, 6.45) is 3.65. The maximum absolute atomic E-state index is 12.0. The van der Waals surface area contributed by atoms with Gasteiger partial charge in [0.15, 0.2) is 0 Å². The van der Waals surface area contributed by atoms with E-state index < -0.39 is 17.1 Å². The van der Waals surface area contributed by atoms with Crippen LogP contribution in [-0.4, -0.2) is 26.3 Å². The lowest BCUT2D eigenvalue weighted by Gasteiger charge is -2.10. The summed E-state index contributed by atoms with van der Waals surface area (Å²) in [6.45, 7) is 7.22. The van der Waals surface area contributed by atoms with Crippen LogP contribution in [0.15, 0.2) is 27.3 Å². The molecule has 0 aliphatic carbocycles. The van der Waals surface area contributed by atoms with Gasteiger partial charge >= 0.3 is 5.69 Å². The molecule has 0 aromatic carbocycles. The number of hydrogen-bond acceptors (Lipinski definition) is 5. The zero-order valence-electron chi connectivity index (χ0n) is 13.4. The van der Waals surface area contributed by atoms with Crippen LogP contribution in [0.25, 0.3) is 0 Å². The number of nitrogens with one attached hydrogen (secondary N) is 2. The lowest BCUT2D eigenvalue weighted by Crippen LogP contribution is -2.34. The van der Waals surface area contributed by atoms with Gasteiger partial charge < -0.3 is 5.11 Å². The zero-order valence-corrected chi connectivity index (χ0v) is 13.4. The molecule has 126 valence electrons. The number of amides is 1. The minimum absolute atomic E-state index is 0.0360. The van der Waals surface area contributed by atoms with Crippen molar-refractivity contribution in [3.63, 3.8) is 0 Å². The molecule has 1 aromatic heterocycles. The van der Waals surface area contributed by atoms with E-state index in [1.165, 1.54) is 6.08 Å². The molecule has 1 heterocycles. The van der Waals surface area contributed by atoms with Gasteiger partial charge in [-0.15, -0.1) is 6.58 Å². The van der Waals surface area contributed by atoms with Gasteiger partial charge in [-0.25, -0.2) is 10.2 Å². The molecule has 0 saturated carbocycles. The SMILES string of the molecule is C=CCn1c(O)c(/C(CC)=N\NC(=O)CCCC)c(=O)[nH]c1=O. The van der Waals surface area contributed by atoms with Crippen molar-refractivity contribution in [2.45, 2.75) is 46.1 Å². The maximum atomic E-state index is 12.0. The monoisotopic (exact) mass is 322 g/mol. The van der Waals surface area contributed by atoms with E-state index in [0.717, 1.165) is 17.4 Å². The number of carbonyl (C=O) groups excluding carboxylic acids is 1. The van der Waals surface area contributed by atoms with Crippen LogP contribution in [0.4, 0.5) is 0 Å². The lowest BCUT2D eigenvalue weighted by atomic mass is 10.1. The van der Waals surface area contributed by atoms with Crippen molar-refractivity contribution < 1.29 is 9.90 Å². The van der Waals surface area contributed by atoms with E-state index in [1.807, 2.05) is 6.92 Å². The number of rotatable bonds is 8. The summed E-state index contributed by atoms with van der Waals surface area (Å²) < 4.78 is 0.966. The van der Waals surface area contributed by atoms with Gasteiger partial charge in [0.2, 0.25) is 11.8 Å². The number of H-pyrrole nitrogens is 1. The fourth-order valence-corrected chi connectivity index (χ4v) is 1.95. The first kappa shape index (κ1) is 18.4. The molecule has 0 saturated heterocycles. The van der Waals surface area contributed by atoms with Crippen molar-refractivity contribution in [3.8, 4) is 5.88 Å². The van der Waals surface area contributed by atoms with E-state index in [1.54, 1.807) is 6.92 Å². The van der Waals surface area contributed by atoms with Gasteiger partial charge in [0, 0.05) is 13.0 Å². The van der Waals surface area contributed by atoms with Crippen molar-refractivity contribution in [2.75, 3.05) is 0 Å². The third-order valence-electron chi connectivity index (χ3n) is 3.18. The van der Waals surface area contributed by atoms with E-state index >= 15 is 0 Å². The maximum Gasteiger partial charge on any atom is 0.331 e. The summed E-state index contributed by atoms with van der Waals surface area (Å²) in [7, 11) is 0. The third-order valence-corrected chi connectivity index (χ3v) is 3.18. The fourth-order valence-electron chi connectivity index (χ4n) is 1.95. The first-order chi connectivity index (χ1) is 11.0. The van der Waals surface area contributed by atoms with Crippen LogP contribution in [0.1, 0.15) is 45.1 Å². The average molecular weight is 322 g/mol. The van der Waals surface area contributed by atoms with E-state index in [-0.39, 0.29) is 30.1 Å². The van der Waals surface area contributed by atoms with Crippen LogP contribution in [0.2, 0.25) is 0 Å². The Hall–Kier alpha value is -2.64. The summed E-state index contributed by atoms with van der Waals surface area (Å²) in [5.74, 6) is -0.768. The number of aromatic amines is 1. The summed E-state index contributed by atoms with van der Waals surface area (Å²) >= 11 is 0. The molecule has 0 bridgehead atoms. The molecule has 8 heteroatoms. The first-order valence-corrected chi connectivity index (χ1v) is 7.48. The van der Waals surface area contributed by atoms with Crippen molar-refractivity contribution in [3.05, 3.63) is 39.1 Å². The summed E-state index contributed by atoms with van der Waals surface area (Å²) in [5, 5.41) is 14.1. The van der Waals surface area contributed by atoms with Gasteiger partial charge in [0.25, 0.3) is 5.56 Å². The van der Waals surface area contributed by atoms with E-state index in [2.05, 4.69) is 22.1 Å². The minimum Gasteiger partial charge on any atom is -0.494 e. The highest BCUT2D eigenvalue weighted by Gasteiger charge is 2.18. The predicted molar refractivity (Wildman–Crippen MR) is 87.7 cm³/mol. The molecule has 1 aromatic rings.